The maximum Gasteiger partial charge on any atom is 0.303 e. The van der Waals surface area contributed by atoms with Crippen LogP contribution in [0.5, 0.6) is 5.75 Å². The third-order valence-corrected chi connectivity index (χ3v) is 2.15. The Morgan fingerprint density at radius 1 is 1.56 bits per heavy atom. The fourth-order valence-electron chi connectivity index (χ4n) is 1.29. The Morgan fingerprint density at radius 3 is 2.81 bits per heavy atom. The quantitative estimate of drug-likeness (QED) is 0.674. The van der Waals surface area contributed by atoms with Gasteiger partial charge < -0.3 is 15.5 Å². The minimum atomic E-state index is -0.856. The molecule has 0 fully saturated rings. The zero-order valence-electron chi connectivity index (χ0n) is 8.90. The summed E-state index contributed by atoms with van der Waals surface area (Å²) in [5.74, 6) is -1.95. The largest absolute Gasteiger partial charge is 0.505 e. The Balaban J connectivity index is 2.52. The van der Waals surface area contributed by atoms with E-state index in [0.717, 1.165) is 0 Å². The molecule has 88 valence electrons. The molecule has 1 unspecified atom stereocenters. The summed E-state index contributed by atoms with van der Waals surface area (Å²) < 4.78 is 13.0. The fourth-order valence-corrected chi connectivity index (χ4v) is 1.29. The maximum absolute atomic E-state index is 13.0. The number of aliphatic carboxylic acids is 1. The third-order valence-electron chi connectivity index (χ3n) is 2.15. The van der Waals surface area contributed by atoms with Crippen molar-refractivity contribution >= 4 is 11.7 Å². The lowest BCUT2D eigenvalue weighted by atomic mass is 10.1. The molecule has 0 spiro atoms. The molecule has 0 bridgehead atoms. The number of anilines is 1. The van der Waals surface area contributed by atoms with Gasteiger partial charge in [0.05, 0.1) is 0 Å². The van der Waals surface area contributed by atoms with Gasteiger partial charge in [-0.2, -0.15) is 0 Å². The molecule has 1 aromatic rings. The molecule has 1 atom stereocenters. The zero-order valence-corrected chi connectivity index (χ0v) is 8.90. The molecular formula is C11H14FNO3. The smallest absolute Gasteiger partial charge is 0.303 e. The average Bonchev–Trinajstić information content (AvgIpc) is 2.21. The molecule has 0 radical (unpaired) electrons. The van der Waals surface area contributed by atoms with Gasteiger partial charge in [-0.1, -0.05) is 0 Å². The van der Waals surface area contributed by atoms with Gasteiger partial charge in [0.1, 0.15) is 0 Å². The average molecular weight is 227 g/mol. The van der Waals surface area contributed by atoms with E-state index in [0.29, 0.717) is 12.1 Å². The number of phenols is 1. The van der Waals surface area contributed by atoms with Crippen LogP contribution in [0, 0.1) is 5.82 Å². The number of phenolic OH excluding ortho intramolecular Hbond substituents is 1. The number of aromatic hydroxyl groups is 1. The van der Waals surface area contributed by atoms with E-state index in [1.54, 1.807) is 0 Å². The van der Waals surface area contributed by atoms with Gasteiger partial charge in [0.15, 0.2) is 11.6 Å². The SMILES string of the molecule is CC(CCC(=O)O)Nc1ccc(O)c(F)c1. The highest BCUT2D eigenvalue weighted by atomic mass is 19.1. The molecule has 4 nitrogen and oxygen atoms in total. The summed E-state index contributed by atoms with van der Waals surface area (Å²) >= 11 is 0. The van der Waals surface area contributed by atoms with Crippen LogP contribution in [0.15, 0.2) is 18.2 Å². The van der Waals surface area contributed by atoms with E-state index in [2.05, 4.69) is 5.32 Å². The van der Waals surface area contributed by atoms with Crippen LogP contribution in [0.1, 0.15) is 19.8 Å². The first-order chi connectivity index (χ1) is 7.49. The molecule has 0 saturated carbocycles. The molecule has 0 aliphatic heterocycles. The number of carbonyl (C=O) groups is 1. The van der Waals surface area contributed by atoms with Crippen molar-refractivity contribution in [2.45, 2.75) is 25.8 Å². The number of hydrogen-bond acceptors (Lipinski definition) is 3. The van der Waals surface area contributed by atoms with E-state index in [4.69, 9.17) is 10.2 Å². The van der Waals surface area contributed by atoms with Gasteiger partial charge in [-0.25, -0.2) is 4.39 Å². The zero-order chi connectivity index (χ0) is 12.1. The Morgan fingerprint density at radius 2 is 2.25 bits per heavy atom. The Kier molecular flexibility index (Phi) is 4.10. The van der Waals surface area contributed by atoms with Gasteiger partial charge in [-0.05, 0) is 25.5 Å². The Bertz CT molecular complexity index is 381. The first-order valence-electron chi connectivity index (χ1n) is 4.96. The summed E-state index contributed by atoms with van der Waals surface area (Å²) in [7, 11) is 0. The fraction of sp³-hybridized carbons (Fsp3) is 0.364. The van der Waals surface area contributed by atoms with Gasteiger partial charge in [-0.3, -0.25) is 4.79 Å². The molecule has 0 aliphatic rings. The van der Waals surface area contributed by atoms with Crippen LogP contribution in [0.3, 0.4) is 0 Å². The molecule has 0 heterocycles. The van der Waals surface area contributed by atoms with E-state index in [9.17, 15) is 9.18 Å². The van der Waals surface area contributed by atoms with Crippen molar-refractivity contribution in [2.75, 3.05) is 5.32 Å². The summed E-state index contributed by atoms with van der Waals surface area (Å²) in [6.07, 6.45) is 0.520. The van der Waals surface area contributed by atoms with Crippen molar-refractivity contribution in [1.82, 2.24) is 0 Å². The molecule has 5 heteroatoms. The highest BCUT2D eigenvalue weighted by molar-refractivity contribution is 5.66. The van der Waals surface area contributed by atoms with Crippen molar-refractivity contribution in [3.63, 3.8) is 0 Å². The van der Waals surface area contributed by atoms with Crippen LogP contribution in [0.2, 0.25) is 0 Å². The lowest BCUT2D eigenvalue weighted by Gasteiger charge is -2.14. The second-order valence-corrected chi connectivity index (χ2v) is 3.64. The maximum atomic E-state index is 13.0. The molecule has 16 heavy (non-hydrogen) atoms. The van der Waals surface area contributed by atoms with E-state index in [1.807, 2.05) is 6.92 Å². The molecule has 3 N–H and O–H groups in total. The van der Waals surface area contributed by atoms with Crippen molar-refractivity contribution in [2.24, 2.45) is 0 Å². The lowest BCUT2D eigenvalue weighted by molar-refractivity contribution is -0.137. The second-order valence-electron chi connectivity index (χ2n) is 3.64. The predicted molar refractivity (Wildman–Crippen MR) is 58.0 cm³/mol. The van der Waals surface area contributed by atoms with Gasteiger partial charge in [0.25, 0.3) is 0 Å². The normalized spacial score (nSPS) is 12.1. The summed E-state index contributed by atoms with van der Waals surface area (Å²) in [6, 6.07) is 3.89. The highest BCUT2D eigenvalue weighted by Gasteiger charge is 2.07. The number of halogens is 1. The monoisotopic (exact) mass is 227 g/mol. The molecule has 1 rings (SSSR count). The van der Waals surface area contributed by atoms with Gasteiger partial charge in [-0.15, -0.1) is 0 Å². The van der Waals surface area contributed by atoms with E-state index in [1.165, 1.54) is 18.2 Å². The minimum Gasteiger partial charge on any atom is -0.505 e. The standard InChI is InChI=1S/C11H14FNO3/c1-7(2-5-11(15)16)13-8-3-4-10(14)9(12)6-8/h3-4,6-7,13-14H,2,5H2,1H3,(H,15,16). The first kappa shape index (κ1) is 12.3. The summed E-state index contributed by atoms with van der Waals surface area (Å²) in [6.45, 7) is 1.81. The highest BCUT2D eigenvalue weighted by Crippen LogP contribution is 2.20. The third kappa shape index (κ3) is 3.76. The van der Waals surface area contributed by atoms with Crippen LogP contribution < -0.4 is 5.32 Å². The topological polar surface area (TPSA) is 69.6 Å². The van der Waals surface area contributed by atoms with E-state index in [-0.39, 0.29) is 12.5 Å². The molecule has 0 saturated heterocycles. The number of carboxylic acids is 1. The summed E-state index contributed by atoms with van der Waals surface area (Å²) in [4.78, 5) is 10.3. The van der Waals surface area contributed by atoms with Crippen LogP contribution in [-0.4, -0.2) is 22.2 Å². The van der Waals surface area contributed by atoms with Gasteiger partial charge in [0, 0.05) is 24.2 Å². The number of nitrogens with one attached hydrogen (secondary N) is 1. The minimum absolute atomic E-state index is 0.0642. The molecule has 0 aromatic heterocycles. The molecule has 0 amide bonds. The van der Waals surface area contributed by atoms with Crippen LogP contribution >= 0.6 is 0 Å². The number of benzene rings is 1. The molecule has 0 aliphatic carbocycles. The van der Waals surface area contributed by atoms with Gasteiger partial charge >= 0.3 is 5.97 Å². The first-order valence-corrected chi connectivity index (χ1v) is 4.96. The lowest BCUT2D eigenvalue weighted by Crippen LogP contribution is -2.16. The number of hydrogen-bond donors (Lipinski definition) is 3. The van der Waals surface area contributed by atoms with Crippen molar-refractivity contribution < 1.29 is 19.4 Å². The van der Waals surface area contributed by atoms with Gasteiger partial charge in [0.2, 0.25) is 0 Å². The summed E-state index contributed by atoms with van der Waals surface area (Å²) in [5.41, 5.74) is 0.521. The summed E-state index contributed by atoms with van der Waals surface area (Å²) in [5, 5.41) is 20.4. The molecular weight excluding hydrogens is 213 g/mol. The van der Waals surface area contributed by atoms with Crippen molar-refractivity contribution in [1.29, 1.82) is 0 Å². The van der Waals surface area contributed by atoms with E-state index >= 15 is 0 Å². The molecule has 1 aromatic carbocycles. The van der Waals surface area contributed by atoms with Crippen LogP contribution in [0.4, 0.5) is 10.1 Å². The number of carboxylic acid groups (broad SMARTS) is 1. The van der Waals surface area contributed by atoms with Crippen LogP contribution in [0.25, 0.3) is 0 Å². The second kappa shape index (κ2) is 5.34. The van der Waals surface area contributed by atoms with Crippen molar-refractivity contribution in [3.05, 3.63) is 24.0 Å². The Hall–Kier alpha value is -1.78. The number of rotatable bonds is 5. The van der Waals surface area contributed by atoms with Crippen molar-refractivity contribution in [3.8, 4) is 5.75 Å². The van der Waals surface area contributed by atoms with Crippen LogP contribution in [-0.2, 0) is 4.79 Å². The predicted octanol–water partition coefficient (Wildman–Crippen LogP) is 2.20. The Labute approximate surface area is 92.7 Å². The van der Waals surface area contributed by atoms with E-state index < -0.39 is 17.5 Å².